The summed E-state index contributed by atoms with van der Waals surface area (Å²) in [5, 5.41) is 2.82. The molecule has 96 valence electrons. The molecule has 2 unspecified atom stereocenters. The van der Waals surface area contributed by atoms with Gasteiger partial charge in [-0.15, -0.1) is 0 Å². The lowest BCUT2D eigenvalue weighted by molar-refractivity contribution is 0.244. The first-order valence-corrected chi connectivity index (χ1v) is 6.81. The van der Waals surface area contributed by atoms with Gasteiger partial charge in [0.1, 0.15) is 5.84 Å². The molecule has 3 N–H and O–H groups in total. The van der Waals surface area contributed by atoms with Crippen LogP contribution >= 0.6 is 11.8 Å². The first-order valence-electron chi connectivity index (χ1n) is 6.00. The summed E-state index contributed by atoms with van der Waals surface area (Å²) in [6.07, 6.45) is 5.92. The predicted octanol–water partition coefficient (Wildman–Crippen LogP) is 2.30. The highest BCUT2D eigenvalue weighted by molar-refractivity contribution is 8.03. The zero-order valence-corrected chi connectivity index (χ0v) is 10.9. The van der Waals surface area contributed by atoms with Crippen LogP contribution in [-0.2, 0) is 0 Å². The number of rotatable bonds is 2. The van der Waals surface area contributed by atoms with Gasteiger partial charge in [0, 0.05) is 9.80 Å². The molecule has 0 fully saturated rings. The van der Waals surface area contributed by atoms with Gasteiger partial charge < -0.3 is 11.1 Å². The standard InChI is InChI=1S/C14H13N3OS/c15-13-12-10(16-14(18)17-13)7-4-8-11(12)19-9-5-2-1-3-6-9/h1-8,10,12H,(H3,15,16,17,18). The first kappa shape index (κ1) is 12.0. The number of carbonyl (C=O) groups excluding carboxylic acids is 1. The largest absolute Gasteiger partial charge is 0.386 e. The Hall–Kier alpha value is -2.01. The fourth-order valence-electron chi connectivity index (χ4n) is 2.21. The van der Waals surface area contributed by atoms with E-state index in [2.05, 4.69) is 10.3 Å². The van der Waals surface area contributed by atoms with E-state index in [-0.39, 0.29) is 18.0 Å². The molecule has 2 amide bonds. The normalized spacial score (nSPS) is 25.2. The number of allylic oxidation sites excluding steroid dienone is 2. The number of urea groups is 1. The monoisotopic (exact) mass is 271 g/mol. The van der Waals surface area contributed by atoms with Crippen molar-refractivity contribution in [2.45, 2.75) is 10.9 Å². The van der Waals surface area contributed by atoms with Gasteiger partial charge in [-0.1, -0.05) is 48.2 Å². The van der Waals surface area contributed by atoms with Gasteiger partial charge in [-0.3, -0.25) is 0 Å². The number of hydrogen-bond acceptors (Lipinski definition) is 3. The minimum atomic E-state index is -0.366. The lowest BCUT2D eigenvalue weighted by Gasteiger charge is -2.31. The van der Waals surface area contributed by atoms with Crippen LogP contribution in [0.4, 0.5) is 4.79 Å². The molecule has 1 aromatic rings. The van der Waals surface area contributed by atoms with E-state index in [4.69, 9.17) is 5.73 Å². The molecule has 1 aliphatic heterocycles. The Morgan fingerprint density at radius 2 is 2.05 bits per heavy atom. The van der Waals surface area contributed by atoms with Crippen molar-refractivity contribution in [3.8, 4) is 0 Å². The van der Waals surface area contributed by atoms with Crippen LogP contribution in [0.15, 0.2) is 63.4 Å². The molecule has 19 heavy (non-hydrogen) atoms. The van der Waals surface area contributed by atoms with E-state index in [1.807, 2.05) is 48.6 Å². The zero-order valence-electron chi connectivity index (χ0n) is 10.1. The van der Waals surface area contributed by atoms with Crippen molar-refractivity contribution in [1.29, 1.82) is 0 Å². The quantitative estimate of drug-likeness (QED) is 0.867. The molecular weight excluding hydrogens is 258 g/mol. The summed E-state index contributed by atoms with van der Waals surface area (Å²) in [5.74, 6) is 0.320. The second-order valence-corrected chi connectivity index (χ2v) is 5.51. The SMILES string of the molecule is NC1=NC(=O)NC2C=CC=C(Sc3ccccc3)C12. The molecule has 2 atom stereocenters. The third-order valence-electron chi connectivity index (χ3n) is 3.06. The fourth-order valence-corrected chi connectivity index (χ4v) is 3.31. The molecule has 0 bridgehead atoms. The Balaban J connectivity index is 1.89. The van der Waals surface area contributed by atoms with E-state index in [9.17, 15) is 4.79 Å². The Bertz CT molecular complexity index is 592. The second-order valence-electron chi connectivity index (χ2n) is 4.36. The van der Waals surface area contributed by atoms with Gasteiger partial charge in [-0.05, 0) is 12.1 Å². The summed E-state index contributed by atoms with van der Waals surface area (Å²) in [5.41, 5.74) is 5.92. The Morgan fingerprint density at radius 1 is 1.26 bits per heavy atom. The van der Waals surface area contributed by atoms with E-state index in [1.54, 1.807) is 11.8 Å². The van der Waals surface area contributed by atoms with Crippen LogP contribution < -0.4 is 11.1 Å². The number of nitrogens with one attached hydrogen (secondary N) is 1. The second kappa shape index (κ2) is 4.93. The lowest BCUT2D eigenvalue weighted by Crippen LogP contribution is -2.49. The third-order valence-corrected chi connectivity index (χ3v) is 4.20. The average Bonchev–Trinajstić information content (AvgIpc) is 2.39. The number of amides is 2. The first-order chi connectivity index (χ1) is 9.24. The van der Waals surface area contributed by atoms with Crippen molar-refractivity contribution in [1.82, 2.24) is 5.32 Å². The number of aliphatic imine (C=N–C) groups is 1. The van der Waals surface area contributed by atoms with E-state index in [1.165, 1.54) is 0 Å². The van der Waals surface area contributed by atoms with E-state index >= 15 is 0 Å². The summed E-state index contributed by atoms with van der Waals surface area (Å²) in [6.45, 7) is 0. The highest BCUT2D eigenvalue weighted by Gasteiger charge is 2.34. The molecule has 1 heterocycles. The molecule has 0 spiro atoms. The fraction of sp³-hybridized carbons (Fsp3) is 0.143. The number of nitrogens with zero attached hydrogens (tertiary/aromatic N) is 1. The van der Waals surface area contributed by atoms with Crippen molar-refractivity contribution in [2.24, 2.45) is 16.6 Å². The van der Waals surface area contributed by atoms with E-state index in [0.29, 0.717) is 5.84 Å². The molecule has 5 heteroatoms. The number of fused-ring (bicyclic) bond motifs is 1. The molecule has 0 saturated heterocycles. The maximum Gasteiger partial charge on any atom is 0.343 e. The summed E-state index contributed by atoms with van der Waals surface area (Å²) in [4.78, 5) is 17.4. The van der Waals surface area contributed by atoms with Gasteiger partial charge in [0.2, 0.25) is 0 Å². The van der Waals surface area contributed by atoms with E-state index in [0.717, 1.165) is 9.80 Å². The number of amidine groups is 1. The summed E-state index contributed by atoms with van der Waals surface area (Å²) < 4.78 is 0. The van der Waals surface area contributed by atoms with Crippen molar-refractivity contribution >= 4 is 23.6 Å². The number of nitrogens with two attached hydrogens (primary N) is 1. The maximum atomic E-state index is 11.4. The van der Waals surface area contributed by atoms with Gasteiger partial charge in [-0.2, -0.15) is 4.99 Å². The molecule has 0 saturated carbocycles. The maximum absolute atomic E-state index is 11.4. The molecule has 0 aromatic heterocycles. The number of hydrogen-bond donors (Lipinski definition) is 2. The van der Waals surface area contributed by atoms with Crippen LogP contribution in [0.5, 0.6) is 0 Å². The van der Waals surface area contributed by atoms with Gasteiger partial charge in [-0.25, -0.2) is 4.79 Å². The summed E-state index contributed by atoms with van der Waals surface area (Å²) in [6, 6.07) is 9.62. The Morgan fingerprint density at radius 3 is 2.84 bits per heavy atom. The zero-order chi connectivity index (χ0) is 13.2. The summed E-state index contributed by atoms with van der Waals surface area (Å²) in [7, 11) is 0. The minimum absolute atomic E-state index is 0.0621. The molecule has 2 aliphatic rings. The number of benzene rings is 1. The summed E-state index contributed by atoms with van der Waals surface area (Å²) >= 11 is 1.65. The molecule has 1 aromatic carbocycles. The van der Waals surface area contributed by atoms with Gasteiger partial charge in [0.05, 0.1) is 12.0 Å². The molecule has 1 aliphatic carbocycles. The lowest BCUT2D eigenvalue weighted by atomic mass is 9.92. The Labute approximate surface area is 115 Å². The van der Waals surface area contributed by atoms with Crippen LogP contribution in [0.25, 0.3) is 0 Å². The highest BCUT2D eigenvalue weighted by Crippen LogP contribution is 2.36. The predicted molar refractivity (Wildman–Crippen MR) is 77.0 cm³/mol. The number of thioether (sulfide) groups is 1. The van der Waals surface area contributed by atoms with E-state index < -0.39 is 0 Å². The van der Waals surface area contributed by atoms with Crippen LogP contribution in [-0.4, -0.2) is 17.9 Å². The van der Waals surface area contributed by atoms with Crippen molar-refractivity contribution < 1.29 is 4.79 Å². The molecule has 4 nitrogen and oxygen atoms in total. The average molecular weight is 271 g/mol. The van der Waals surface area contributed by atoms with Crippen molar-refractivity contribution in [3.05, 3.63) is 53.5 Å². The van der Waals surface area contributed by atoms with Gasteiger partial charge in [0.25, 0.3) is 0 Å². The molecule has 0 radical (unpaired) electrons. The van der Waals surface area contributed by atoms with Crippen LogP contribution in [0.3, 0.4) is 0 Å². The molecule has 3 rings (SSSR count). The third kappa shape index (κ3) is 2.42. The minimum Gasteiger partial charge on any atom is -0.386 e. The Kier molecular flexibility index (Phi) is 3.13. The molecular formula is C14H13N3OS. The number of carbonyl (C=O) groups is 1. The highest BCUT2D eigenvalue weighted by atomic mass is 32.2. The van der Waals surface area contributed by atoms with Crippen molar-refractivity contribution in [3.63, 3.8) is 0 Å². The topological polar surface area (TPSA) is 67.5 Å². The van der Waals surface area contributed by atoms with Gasteiger partial charge >= 0.3 is 6.03 Å². The van der Waals surface area contributed by atoms with Crippen LogP contribution in [0, 0.1) is 5.92 Å². The van der Waals surface area contributed by atoms with Crippen LogP contribution in [0.1, 0.15) is 0 Å². The van der Waals surface area contributed by atoms with Crippen LogP contribution in [0.2, 0.25) is 0 Å². The van der Waals surface area contributed by atoms with Crippen molar-refractivity contribution in [2.75, 3.05) is 0 Å². The van der Waals surface area contributed by atoms with Gasteiger partial charge in [0.15, 0.2) is 0 Å². The smallest absolute Gasteiger partial charge is 0.343 e.